The van der Waals surface area contributed by atoms with E-state index in [9.17, 15) is 8.42 Å². The number of furan rings is 1. The molecule has 0 spiro atoms. The number of ether oxygens (including phenoxy) is 1. The maximum atomic E-state index is 12.2. The van der Waals surface area contributed by atoms with Crippen molar-refractivity contribution in [3.63, 3.8) is 0 Å². The minimum atomic E-state index is -3.58. The summed E-state index contributed by atoms with van der Waals surface area (Å²) in [4.78, 5) is 0.132. The lowest BCUT2D eigenvalue weighted by Crippen LogP contribution is -2.34. The van der Waals surface area contributed by atoms with Gasteiger partial charge in [-0.1, -0.05) is 6.92 Å². The highest BCUT2D eigenvalue weighted by Crippen LogP contribution is 2.26. The Morgan fingerprint density at radius 1 is 1.53 bits per heavy atom. The zero-order chi connectivity index (χ0) is 13.9. The summed E-state index contributed by atoms with van der Waals surface area (Å²) in [5.74, 6) is 0.580. The Hall–Kier alpha value is -0.410. The number of hydrogen-bond donors (Lipinski definition) is 2. The van der Waals surface area contributed by atoms with Crippen LogP contribution in [0.15, 0.2) is 20.0 Å². The van der Waals surface area contributed by atoms with Gasteiger partial charge in [0, 0.05) is 18.7 Å². The smallest absolute Gasteiger partial charge is 0.245 e. The molecule has 108 valence electrons. The third kappa shape index (κ3) is 3.79. The number of sulfonamides is 1. The van der Waals surface area contributed by atoms with Gasteiger partial charge in [-0.05, 0) is 28.9 Å². The van der Waals surface area contributed by atoms with Crippen molar-refractivity contribution in [3.05, 3.63) is 16.5 Å². The molecule has 1 fully saturated rings. The average Bonchev–Trinajstić information content (AvgIpc) is 2.95. The van der Waals surface area contributed by atoms with Crippen LogP contribution in [0.2, 0.25) is 0 Å². The third-order valence-electron chi connectivity index (χ3n) is 2.80. The molecule has 1 aromatic rings. The van der Waals surface area contributed by atoms with Crippen LogP contribution in [0.1, 0.15) is 19.1 Å². The van der Waals surface area contributed by atoms with Crippen molar-refractivity contribution in [1.29, 1.82) is 0 Å². The van der Waals surface area contributed by atoms with Gasteiger partial charge in [0.25, 0.3) is 0 Å². The van der Waals surface area contributed by atoms with Crippen molar-refractivity contribution in [1.82, 2.24) is 10.0 Å². The fourth-order valence-corrected chi connectivity index (χ4v) is 4.08. The molecule has 2 rings (SSSR count). The Labute approximate surface area is 121 Å². The Kier molecular flexibility index (Phi) is 5.02. The number of rotatable bonds is 6. The van der Waals surface area contributed by atoms with E-state index in [-0.39, 0.29) is 15.6 Å². The van der Waals surface area contributed by atoms with Crippen LogP contribution in [0, 0.1) is 0 Å². The molecule has 0 amide bonds. The summed E-state index contributed by atoms with van der Waals surface area (Å²) in [6.07, 6.45) is 0.693. The van der Waals surface area contributed by atoms with Crippen molar-refractivity contribution in [2.24, 2.45) is 0 Å². The monoisotopic (exact) mass is 352 g/mol. The number of hydrogen-bond acceptors (Lipinski definition) is 5. The van der Waals surface area contributed by atoms with Crippen LogP contribution >= 0.6 is 15.9 Å². The minimum absolute atomic E-state index is 0.132. The standard InChI is InChI=1S/C11H17BrN2O4S/c1-2-13-6-9-5-10(11(12)18-9)19(15,16)14-8-3-4-17-7-8/h5,8,13-14H,2-4,6-7H2,1H3. The fourth-order valence-electron chi connectivity index (χ4n) is 1.83. The Bertz CT molecular complexity index is 523. The second kappa shape index (κ2) is 6.36. The lowest BCUT2D eigenvalue weighted by molar-refractivity contribution is 0.192. The molecule has 0 radical (unpaired) electrons. The molecule has 0 bridgehead atoms. The summed E-state index contributed by atoms with van der Waals surface area (Å²) in [7, 11) is -3.58. The predicted molar refractivity (Wildman–Crippen MR) is 73.3 cm³/mol. The molecule has 0 saturated carbocycles. The maximum absolute atomic E-state index is 12.2. The quantitative estimate of drug-likeness (QED) is 0.804. The topological polar surface area (TPSA) is 80.6 Å². The van der Waals surface area contributed by atoms with Crippen molar-refractivity contribution >= 4 is 26.0 Å². The van der Waals surface area contributed by atoms with Gasteiger partial charge >= 0.3 is 0 Å². The zero-order valence-electron chi connectivity index (χ0n) is 10.6. The molecule has 1 saturated heterocycles. The van der Waals surface area contributed by atoms with Crippen LogP contribution in [0.4, 0.5) is 0 Å². The second-order valence-corrected chi connectivity index (χ2v) is 6.72. The Morgan fingerprint density at radius 2 is 2.32 bits per heavy atom. The van der Waals surface area contributed by atoms with Crippen LogP contribution < -0.4 is 10.0 Å². The van der Waals surface area contributed by atoms with Gasteiger partial charge in [0.1, 0.15) is 10.7 Å². The van der Waals surface area contributed by atoms with Crippen molar-refractivity contribution in [2.75, 3.05) is 19.8 Å². The molecule has 19 heavy (non-hydrogen) atoms. The minimum Gasteiger partial charge on any atom is -0.452 e. The molecule has 1 aliphatic rings. The van der Waals surface area contributed by atoms with Gasteiger partial charge in [-0.15, -0.1) is 0 Å². The Morgan fingerprint density at radius 3 is 2.95 bits per heavy atom. The van der Waals surface area contributed by atoms with Crippen LogP contribution in [0.3, 0.4) is 0 Å². The summed E-state index contributed by atoms with van der Waals surface area (Å²) in [6, 6.07) is 1.37. The number of halogens is 1. The predicted octanol–water partition coefficient (Wildman–Crippen LogP) is 1.22. The molecule has 0 aliphatic carbocycles. The summed E-state index contributed by atoms with van der Waals surface area (Å²) in [6.45, 7) is 4.26. The van der Waals surface area contributed by atoms with E-state index in [1.807, 2.05) is 6.92 Å². The van der Waals surface area contributed by atoms with Crippen molar-refractivity contribution < 1.29 is 17.6 Å². The average molecular weight is 353 g/mol. The molecule has 1 aliphatic heterocycles. The van der Waals surface area contributed by atoms with E-state index in [1.165, 1.54) is 6.07 Å². The fraction of sp³-hybridized carbons (Fsp3) is 0.636. The van der Waals surface area contributed by atoms with Crippen LogP contribution in [-0.4, -0.2) is 34.2 Å². The molecule has 8 heteroatoms. The zero-order valence-corrected chi connectivity index (χ0v) is 13.0. The van der Waals surface area contributed by atoms with E-state index in [0.29, 0.717) is 31.9 Å². The first-order chi connectivity index (χ1) is 9.03. The van der Waals surface area contributed by atoms with E-state index >= 15 is 0 Å². The molecular weight excluding hydrogens is 336 g/mol. The normalized spacial score (nSPS) is 20.0. The van der Waals surface area contributed by atoms with Crippen LogP contribution in [-0.2, 0) is 21.3 Å². The van der Waals surface area contributed by atoms with Gasteiger partial charge < -0.3 is 14.5 Å². The molecule has 1 unspecified atom stereocenters. The van der Waals surface area contributed by atoms with E-state index in [2.05, 4.69) is 26.0 Å². The summed E-state index contributed by atoms with van der Waals surface area (Å²) >= 11 is 3.15. The van der Waals surface area contributed by atoms with E-state index in [0.717, 1.165) is 6.54 Å². The first-order valence-corrected chi connectivity index (χ1v) is 8.39. The van der Waals surface area contributed by atoms with Gasteiger partial charge in [-0.3, -0.25) is 0 Å². The SMILES string of the molecule is CCNCc1cc(S(=O)(=O)NC2CCOC2)c(Br)o1. The maximum Gasteiger partial charge on any atom is 0.245 e. The molecule has 6 nitrogen and oxygen atoms in total. The van der Waals surface area contributed by atoms with Gasteiger partial charge in [-0.2, -0.15) is 0 Å². The second-order valence-electron chi connectivity index (χ2n) is 4.31. The number of nitrogens with one attached hydrogen (secondary N) is 2. The highest BCUT2D eigenvalue weighted by Gasteiger charge is 2.27. The van der Waals surface area contributed by atoms with Gasteiger partial charge in [0.15, 0.2) is 4.67 Å². The lowest BCUT2D eigenvalue weighted by atomic mass is 10.3. The summed E-state index contributed by atoms with van der Waals surface area (Å²) in [5, 5.41) is 3.08. The Balaban J connectivity index is 2.12. The lowest BCUT2D eigenvalue weighted by Gasteiger charge is -2.09. The molecular formula is C11H17BrN2O4S. The molecule has 2 heterocycles. The highest BCUT2D eigenvalue weighted by atomic mass is 79.9. The van der Waals surface area contributed by atoms with Crippen LogP contribution in [0.5, 0.6) is 0 Å². The van der Waals surface area contributed by atoms with Gasteiger partial charge in [0.05, 0.1) is 13.2 Å². The van der Waals surface area contributed by atoms with E-state index < -0.39 is 10.0 Å². The van der Waals surface area contributed by atoms with Crippen molar-refractivity contribution in [2.45, 2.75) is 30.8 Å². The molecule has 1 atom stereocenters. The largest absolute Gasteiger partial charge is 0.452 e. The first kappa shape index (κ1) is 15.0. The highest BCUT2D eigenvalue weighted by molar-refractivity contribution is 9.10. The van der Waals surface area contributed by atoms with Gasteiger partial charge in [0.2, 0.25) is 10.0 Å². The molecule has 2 N–H and O–H groups in total. The molecule has 0 aromatic carbocycles. The summed E-state index contributed by atoms with van der Waals surface area (Å²) < 4.78 is 37.8. The van der Waals surface area contributed by atoms with Crippen molar-refractivity contribution in [3.8, 4) is 0 Å². The van der Waals surface area contributed by atoms with E-state index in [4.69, 9.17) is 9.15 Å². The van der Waals surface area contributed by atoms with Gasteiger partial charge in [-0.25, -0.2) is 13.1 Å². The first-order valence-electron chi connectivity index (χ1n) is 6.12. The van der Waals surface area contributed by atoms with Crippen LogP contribution in [0.25, 0.3) is 0 Å². The van der Waals surface area contributed by atoms with E-state index in [1.54, 1.807) is 0 Å². The third-order valence-corrected chi connectivity index (χ3v) is 5.17. The molecule has 1 aromatic heterocycles. The summed E-state index contributed by atoms with van der Waals surface area (Å²) in [5.41, 5.74) is 0.